The number of ether oxygens (including phenoxy) is 1. The first-order valence-corrected chi connectivity index (χ1v) is 8.99. The maximum Gasteiger partial charge on any atom is 0.409 e. The maximum atomic E-state index is 11.7. The lowest BCUT2D eigenvalue weighted by Gasteiger charge is -2.26. The smallest absolute Gasteiger partial charge is 0.409 e. The summed E-state index contributed by atoms with van der Waals surface area (Å²) < 4.78 is 4.93. The number of nitrogens with zero attached hydrogens (tertiary/aromatic N) is 3. The van der Waals surface area contributed by atoms with E-state index in [1.54, 1.807) is 28.2 Å². The van der Waals surface area contributed by atoms with Gasteiger partial charge in [-0.3, -0.25) is 0 Å². The number of thiazole rings is 1. The van der Waals surface area contributed by atoms with Crippen LogP contribution in [0.5, 0.6) is 0 Å². The average molecular weight is 358 g/mol. The fraction of sp³-hybridized carbons (Fsp3) is 0.353. The zero-order valence-electron chi connectivity index (χ0n) is 13.8. The number of carbonyl (C=O) groups excluding carboxylic acids is 2. The third-order valence-corrected chi connectivity index (χ3v) is 5.30. The van der Waals surface area contributed by atoms with Gasteiger partial charge in [0.15, 0.2) is 0 Å². The van der Waals surface area contributed by atoms with Crippen LogP contribution in [0, 0.1) is 0 Å². The molecule has 0 bridgehead atoms. The number of aromatic nitrogens is 1. The van der Waals surface area contributed by atoms with Crippen LogP contribution in [0.25, 0.3) is 11.3 Å². The van der Waals surface area contributed by atoms with E-state index < -0.39 is 0 Å². The van der Waals surface area contributed by atoms with Crippen molar-refractivity contribution in [2.24, 2.45) is 0 Å². The Bertz CT molecular complexity index is 835. The van der Waals surface area contributed by atoms with Crippen LogP contribution in [0.15, 0.2) is 23.6 Å². The zero-order valence-corrected chi connectivity index (χ0v) is 14.6. The first kappa shape index (κ1) is 15.9. The summed E-state index contributed by atoms with van der Waals surface area (Å²) in [6, 6.07) is 5.88. The minimum atomic E-state index is -0.238. The lowest BCUT2D eigenvalue weighted by Crippen LogP contribution is -2.35. The highest BCUT2D eigenvalue weighted by Gasteiger charge is 2.22. The summed E-state index contributed by atoms with van der Waals surface area (Å²) in [6.45, 7) is 2.35. The molecule has 4 rings (SSSR count). The van der Waals surface area contributed by atoms with E-state index in [1.165, 1.54) is 0 Å². The van der Waals surface area contributed by atoms with Gasteiger partial charge in [0.2, 0.25) is 0 Å². The summed E-state index contributed by atoms with van der Waals surface area (Å²) >= 11 is 1.60. The van der Waals surface area contributed by atoms with E-state index in [0.29, 0.717) is 26.2 Å². The summed E-state index contributed by atoms with van der Waals surface area (Å²) in [5.41, 5.74) is 3.89. The minimum absolute atomic E-state index is 0.0864. The second-order valence-electron chi connectivity index (χ2n) is 6.14. The number of benzene rings is 1. The predicted molar refractivity (Wildman–Crippen MR) is 94.7 cm³/mol. The monoisotopic (exact) mass is 358 g/mol. The van der Waals surface area contributed by atoms with Crippen LogP contribution in [0.2, 0.25) is 0 Å². The largest absolute Gasteiger partial charge is 0.448 e. The molecule has 3 heterocycles. The van der Waals surface area contributed by atoms with Crippen LogP contribution in [-0.2, 0) is 17.7 Å². The van der Waals surface area contributed by atoms with Gasteiger partial charge in [-0.05, 0) is 17.7 Å². The number of nitrogens with one attached hydrogen (secondary N) is 1. The molecule has 1 fully saturated rings. The predicted octanol–water partition coefficient (Wildman–Crippen LogP) is 2.78. The van der Waals surface area contributed by atoms with Crippen molar-refractivity contribution in [1.82, 2.24) is 14.8 Å². The molecule has 0 radical (unpaired) electrons. The Morgan fingerprint density at radius 3 is 3.04 bits per heavy atom. The SMILES string of the molecule is CN1Cc2cc(-c3csc(CCN4CCOC4=O)n3)ccc2NC1=O. The van der Waals surface area contributed by atoms with Gasteiger partial charge in [0.05, 0.1) is 17.2 Å². The second-order valence-corrected chi connectivity index (χ2v) is 7.08. The maximum absolute atomic E-state index is 11.7. The first-order valence-electron chi connectivity index (χ1n) is 8.12. The second kappa shape index (κ2) is 6.36. The molecule has 0 saturated carbocycles. The van der Waals surface area contributed by atoms with E-state index in [1.807, 2.05) is 17.5 Å². The van der Waals surface area contributed by atoms with E-state index >= 15 is 0 Å². The van der Waals surface area contributed by atoms with Gasteiger partial charge in [0, 0.05) is 43.2 Å². The Balaban J connectivity index is 1.47. The number of hydrogen-bond acceptors (Lipinski definition) is 5. The summed E-state index contributed by atoms with van der Waals surface area (Å²) in [5, 5.41) is 5.90. The number of rotatable bonds is 4. The highest BCUT2D eigenvalue weighted by molar-refractivity contribution is 7.09. The molecule has 0 spiro atoms. The van der Waals surface area contributed by atoms with Crippen molar-refractivity contribution in [3.05, 3.63) is 34.2 Å². The molecule has 25 heavy (non-hydrogen) atoms. The quantitative estimate of drug-likeness (QED) is 0.912. The van der Waals surface area contributed by atoms with Crippen molar-refractivity contribution in [2.45, 2.75) is 13.0 Å². The number of fused-ring (bicyclic) bond motifs is 1. The molecule has 2 aliphatic heterocycles. The van der Waals surface area contributed by atoms with Crippen molar-refractivity contribution in [2.75, 3.05) is 32.1 Å². The van der Waals surface area contributed by atoms with Crippen LogP contribution in [0.3, 0.4) is 0 Å². The number of hydrogen-bond donors (Lipinski definition) is 1. The molecule has 2 aromatic rings. The first-order chi connectivity index (χ1) is 12.1. The van der Waals surface area contributed by atoms with E-state index in [2.05, 4.69) is 16.4 Å². The standard InChI is InChI=1S/C17H18N4O3S/c1-20-9-12-8-11(2-3-13(12)19-16(20)22)14-10-25-15(18-14)4-5-21-6-7-24-17(21)23/h2-3,8,10H,4-7,9H2,1H3,(H,19,22). The summed E-state index contributed by atoms with van der Waals surface area (Å²) in [7, 11) is 1.77. The molecule has 0 atom stereocenters. The Labute approximate surface area is 149 Å². The van der Waals surface area contributed by atoms with Crippen molar-refractivity contribution in [3.63, 3.8) is 0 Å². The Kier molecular flexibility index (Phi) is 4.04. The fourth-order valence-electron chi connectivity index (χ4n) is 2.96. The van der Waals surface area contributed by atoms with Gasteiger partial charge >= 0.3 is 12.1 Å². The Morgan fingerprint density at radius 1 is 1.36 bits per heavy atom. The summed E-state index contributed by atoms with van der Waals surface area (Å²) in [4.78, 5) is 31.2. The lowest BCUT2D eigenvalue weighted by molar-refractivity contribution is 0.158. The highest BCUT2D eigenvalue weighted by atomic mass is 32.1. The molecular formula is C17H18N4O3S. The van der Waals surface area contributed by atoms with Gasteiger partial charge < -0.3 is 19.9 Å². The molecule has 0 unspecified atom stereocenters. The number of anilines is 1. The molecule has 1 aromatic heterocycles. The highest BCUT2D eigenvalue weighted by Crippen LogP contribution is 2.29. The Morgan fingerprint density at radius 2 is 2.24 bits per heavy atom. The normalized spacial score (nSPS) is 16.7. The van der Waals surface area contributed by atoms with Crippen LogP contribution in [0.4, 0.5) is 15.3 Å². The molecule has 2 aliphatic rings. The molecule has 130 valence electrons. The minimum Gasteiger partial charge on any atom is -0.448 e. The van der Waals surface area contributed by atoms with Gasteiger partial charge in [-0.25, -0.2) is 14.6 Å². The van der Waals surface area contributed by atoms with Gasteiger partial charge in [-0.15, -0.1) is 11.3 Å². The zero-order chi connectivity index (χ0) is 17.4. The summed E-state index contributed by atoms with van der Waals surface area (Å²) in [6.07, 6.45) is 0.487. The third kappa shape index (κ3) is 3.17. The van der Waals surface area contributed by atoms with E-state index in [0.717, 1.165) is 33.9 Å². The fourth-order valence-corrected chi connectivity index (χ4v) is 3.76. The molecular weight excluding hydrogens is 340 g/mol. The van der Waals surface area contributed by atoms with Gasteiger partial charge in [0.25, 0.3) is 0 Å². The average Bonchev–Trinajstić information content (AvgIpc) is 3.22. The molecule has 0 aliphatic carbocycles. The molecule has 3 amide bonds. The molecule has 1 aromatic carbocycles. The van der Waals surface area contributed by atoms with Gasteiger partial charge in [-0.1, -0.05) is 6.07 Å². The van der Waals surface area contributed by atoms with Crippen LogP contribution in [0.1, 0.15) is 10.6 Å². The van der Waals surface area contributed by atoms with Gasteiger partial charge in [0.1, 0.15) is 6.61 Å². The molecule has 1 saturated heterocycles. The van der Waals surface area contributed by atoms with Crippen LogP contribution < -0.4 is 5.32 Å². The number of cyclic esters (lactones) is 1. The third-order valence-electron chi connectivity index (χ3n) is 4.39. The van der Waals surface area contributed by atoms with Crippen molar-refractivity contribution in [1.29, 1.82) is 0 Å². The van der Waals surface area contributed by atoms with E-state index in [4.69, 9.17) is 4.74 Å². The van der Waals surface area contributed by atoms with Crippen LogP contribution >= 0.6 is 11.3 Å². The van der Waals surface area contributed by atoms with Crippen LogP contribution in [-0.4, -0.2) is 53.7 Å². The number of carbonyl (C=O) groups is 2. The molecule has 8 heteroatoms. The van der Waals surface area contributed by atoms with Crippen molar-refractivity contribution < 1.29 is 14.3 Å². The summed E-state index contributed by atoms with van der Waals surface area (Å²) in [5.74, 6) is 0. The van der Waals surface area contributed by atoms with Crippen molar-refractivity contribution >= 4 is 29.1 Å². The molecule has 7 nitrogen and oxygen atoms in total. The van der Waals surface area contributed by atoms with E-state index in [9.17, 15) is 9.59 Å². The van der Waals surface area contributed by atoms with Crippen molar-refractivity contribution in [3.8, 4) is 11.3 Å². The Hall–Kier alpha value is -2.61. The van der Waals surface area contributed by atoms with Gasteiger partial charge in [-0.2, -0.15) is 0 Å². The number of urea groups is 1. The number of amides is 3. The van der Waals surface area contributed by atoms with E-state index in [-0.39, 0.29) is 12.1 Å². The molecule has 1 N–H and O–H groups in total. The lowest BCUT2D eigenvalue weighted by atomic mass is 10.0. The topological polar surface area (TPSA) is 74.8 Å².